The first-order valence-electron chi connectivity index (χ1n) is 10.5. The summed E-state index contributed by atoms with van der Waals surface area (Å²) in [6, 6.07) is 17.1. The quantitative estimate of drug-likeness (QED) is 0.326. The summed E-state index contributed by atoms with van der Waals surface area (Å²) >= 11 is 6.15. The standard InChI is InChI=1S/C26H20ClNO5/c1-14-11-17-12-16(7-10-21(17)33-14)24(30)22-23(15-5-8-20(29)9-6-15)28(26(32)25(22)31)19-4-2-3-18(27)13-19/h2-10,12-14,23,29-30H,11H2,1H3/b24-22-. The normalized spacial score (nSPS) is 21.2. The van der Waals surface area contributed by atoms with E-state index in [1.807, 2.05) is 6.92 Å². The highest BCUT2D eigenvalue weighted by atomic mass is 35.5. The van der Waals surface area contributed by atoms with Crippen LogP contribution in [-0.4, -0.2) is 28.0 Å². The van der Waals surface area contributed by atoms with Crippen molar-refractivity contribution in [2.45, 2.75) is 25.5 Å². The lowest BCUT2D eigenvalue weighted by Crippen LogP contribution is -2.29. The summed E-state index contributed by atoms with van der Waals surface area (Å²) in [6.07, 6.45) is 0.720. The van der Waals surface area contributed by atoms with Crippen molar-refractivity contribution >= 4 is 34.7 Å². The lowest BCUT2D eigenvalue weighted by molar-refractivity contribution is -0.132. The van der Waals surface area contributed by atoms with Crippen molar-refractivity contribution in [1.29, 1.82) is 0 Å². The number of Topliss-reactive ketones (excluding diaryl/α,β-unsaturated/α-hetero) is 1. The number of nitrogens with zero attached hydrogens (tertiary/aromatic N) is 1. The van der Waals surface area contributed by atoms with Crippen molar-refractivity contribution in [2.75, 3.05) is 4.90 Å². The molecular formula is C26H20ClNO5. The SMILES string of the molecule is CC1Cc2cc(/C(O)=C3/C(=O)C(=O)N(c4cccc(Cl)c4)C3c3ccc(O)cc3)ccc2O1. The molecule has 2 aliphatic rings. The van der Waals surface area contributed by atoms with E-state index in [1.54, 1.807) is 54.6 Å². The first-order valence-corrected chi connectivity index (χ1v) is 10.9. The van der Waals surface area contributed by atoms with Gasteiger partial charge in [0.25, 0.3) is 11.7 Å². The van der Waals surface area contributed by atoms with Gasteiger partial charge in [-0.05, 0) is 66.6 Å². The minimum Gasteiger partial charge on any atom is -0.508 e. The van der Waals surface area contributed by atoms with Crippen molar-refractivity contribution < 1.29 is 24.5 Å². The van der Waals surface area contributed by atoms with Gasteiger partial charge in [-0.2, -0.15) is 0 Å². The molecule has 2 unspecified atom stereocenters. The number of rotatable bonds is 3. The molecular weight excluding hydrogens is 442 g/mol. The number of carbonyl (C=O) groups is 2. The van der Waals surface area contributed by atoms with Gasteiger partial charge < -0.3 is 14.9 Å². The summed E-state index contributed by atoms with van der Waals surface area (Å²) in [5, 5.41) is 21.4. The molecule has 3 aromatic carbocycles. The fourth-order valence-electron chi connectivity index (χ4n) is 4.42. The average molecular weight is 462 g/mol. The minimum atomic E-state index is -0.896. The second-order valence-electron chi connectivity index (χ2n) is 8.20. The summed E-state index contributed by atoms with van der Waals surface area (Å²) in [5.41, 5.74) is 2.32. The molecule has 6 nitrogen and oxygen atoms in total. The molecule has 2 N–H and O–H groups in total. The molecule has 0 bridgehead atoms. The van der Waals surface area contributed by atoms with E-state index in [9.17, 15) is 19.8 Å². The van der Waals surface area contributed by atoms with Gasteiger partial charge in [0.1, 0.15) is 23.4 Å². The van der Waals surface area contributed by atoms with E-state index in [0.29, 0.717) is 28.3 Å². The Labute approximate surface area is 195 Å². The third kappa shape index (κ3) is 3.62. The van der Waals surface area contributed by atoms with Crippen LogP contribution in [-0.2, 0) is 16.0 Å². The van der Waals surface area contributed by atoms with E-state index < -0.39 is 17.7 Å². The largest absolute Gasteiger partial charge is 0.508 e. The number of phenols is 1. The monoisotopic (exact) mass is 461 g/mol. The van der Waals surface area contributed by atoms with Crippen molar-refractivity contribution in [1.82, 2.24) is 0 Å². The van der Waals surface area contributed by atoms with Crippen LogP contribution in [0.4, 0.5) is 5.69 Å². The Hall–Kier alpha value is -3.77. The molecule has 2 heterocycles. The van der Waals surface area contributed by atoms with E-state index in [2.05, 4.69) is 0 Å². The zero-order valence-electron chi connectivity index (χ0n) is 17.7. The Morgan fingerprint density at radius 3 is 2.55 bits per heavy atom. The molecule has 0 spiro atoms. The van der Waals surface area contributed by atoms with E-state index in [1.165, 1.54) is 17.0 Å². The molecule has 3 aromatic rings. The van der Waals surface area contributed by atoms with Crippen LogP contribution >= 0.6 is 11.6 Å². The maximum absolute atomic E-state index is 13.2. The fourth-order valence-corrected chi connectivity index (χ4v) is 4.61. The minimum absolute atomic E-state index is 0.0300. The van der Waals surface area contributed by atoms with Crippen LogP contribution in [0.2, 0.25) is 5.02 Å². The molecule has 7 heteroatoms. The highest BCUT2D eigenvalue weighted by Gasteiger charge is 2.47. The number of phenolic OH excluding ortho intramolecular Hbond substituents is 1. The maximum atomic E-state index is 13.2. The van der Waals surface area contributed by atoms with Crippen LogP contribution in [0.3, 0.4) is 0 Å². The van der Waals surface area contributed by atoms with Crippen molar-refractivity contribution in [3.8, 4) is 11.5 Å². The summed E-state index contributed by atoms with van der Waals surface area (Å²) in [5.74, 6) is -1.04. The Balaban J connectivity index is 1.69. The van der Waals surface area contributed by atoms with Gasteiger partial charge in [0, 0.05) is 22.7 Å². The number of aromatic hydroxyl groups is 1. The van der Waals surface area contributed by atoms with Gasteiger partial charge in [-0.3, -0.25) is 14.5 Å². The van der Waals surface area contributed by atoms with Crippen molar-refractivity contribution in [3.63, 3.8) is 0 Å². The second kappa shape index (κ2) is 7.98. The number of aliphatic hydroxyl groups is 1. The van der Waals surface area contributed by atoms with Crippen LogP contribution in [0.1, 0.15) is 29.7 Å². The van der Waals surface area contributed by atoms with E-state index in [4.69, 9.17) is 16.3 Å². The third-order valence-corrected chi connectivity index (χ3v) is 6.14. The first-order chi connectivity index (χ1) is 15.8. The third-order valence-electron chi connectivity index (χ3n) is 5.91. The van der Waals surface area contributed by atoms with Gasteiger partial charge in [-0.1, -0.05) is 29.8 Å². The molecule has 5 rings (SSSR count). The van der Waals surface area contributed by atoms with Gasteiger partial charge in [-0.25, -0.2) is 0 Å². The molecule has 166 valence electrons. The number of aliphatic hydroxyl groups excluding tert-OH is 1. The lowest BCUT2D eigenvalue weighted by atomic mass is 9.94. The Morgan fingerprint density at radius 1 is 1.06 bits per heavy atom. The molecule has 0 aromatic heterocycles. The molecule has 1 saturated heterocycles. The topological polar surface area (TPSA) is 87.1 Å². The zero-order chi connectivity index (χ0) is 23.3. The van der Waals surface area contributed by atoms with Gasteiger partial charge >= 0.3 is 0 Å². The number of hydrogen-bond donors (Lipinski definition) is 2. The number of benzene rings is 3. The lowest BCUT2D eigenvalue weighted by Gasteiger charge is -2.25. The number of hydrogen-bond acceptors (Lipinski definition) is 5. The Morgan fingerprint density at radius 2 is 1.82 bits per heavy atom. The van der Waals surface area contributed by atoms with Crippen LogP contribution in [0.15, 0.2) is 72.3 Å². The van der Waals surface area contributed by atoms with Crippen LogP contribution in [0.25, 0.3) is 5.76 Å². The molecule has 1 fully saturated rings. The number of anilines is 1. The predicted octanol–water partition coefficient (Wildman–Crippen LogP) is 5.00. The van der Waals surface area contributed by atoms with Crippen molar-refractivity contribution in [3.05, 3.63) is 94.0 Å². The highest BCUT2D eigenvalue weighted by molar-refractivity contribution is 6.51. The fraction of sp³-hybridized carbons (Fsp3) is 0.154. The predicted molar refractivity (Wildman–Crippen MR) is 125 cm³/mol. The van der Waals surface area contributed by atoms with Crippen LogP contribution in [0.5, 0.6) is 11.5 Å². The number of amides is 1. The molecule has 0 aliphatic carbocycles. The Bertz CT molecular complexity index is 1310. The summed E-state index contributed by atoms with van der Waals surface area (Å²) < 4.78 is 5.73. The molecule has 2 atom stereocenters. The molecule has 0 saturated carbocycles. The van der Waals surface area contributed by atoms with Gasteiger partial charge in [0.15, 0.2) is 0 Å². The molecule has 0 radical (unpaired) electrons. The maximum Gasteiger partial charge on any atom is 0.300 e. The molecule has 33 heavy (non-hydrogen) atoms. The van der Waals surface area contributed by atoms with E-state index >= 15 is 0 Å². The highest BCUT2D eigenvalue weighted by Crippen LogP contribution is 2.43. The summed E-state index contributed by atoms with van der Waals surface area (Å²) in [7, 11) is 0. The number of carbonyl (C=O) groups excluding carboxylic acids is 2. The van der Waals surface area contributed by atoms with Crippen LogP contribution in [0, 0.1) is 0 Å². The van der Waals surface area contributed by atoms with Gasteiger partial charge in [-0.15, -0.1) is 0 Å². The smallest absolute Gasteiger partial charge is 0.300 e. The Kier molecular flexibility index (Phi) is 5.10. The first kappa shape index (κ1) is 21.1. The number of ether oxygens (including phenoxy) is 1. The average Bonchev–Trinajstić information content (AvgIpc) is 3.29. The number of halogens is 1. The summed E-state index contributed by atoms with van der Waals surface area (Å²) in [6.45, 7) is 1.96. The van der Waals surface area contributed by atoms with Gasteiger partial charge in [0.05, 0.1) is 11.6 Å². The van der Waals surface area contributed by atoms with Crippen LogP contribution < -0.4 is 9.64 Å². The number of ketones is 1. The summed E-state index contributed by atoms with van der Waals surface area (Å²) in [4.78, 5) is 27.7. The zero-order valence-corrected chi connectivity index (χ0v) is 18.4. The van der Waals surface area contributed by atoms with Crippen molar-refractivity contribution in [2.24, 2.45) is 0 Å². The molecule has 1 amide bonds. The second-order valence-corrected chi connectivity index (χ2v) is 8.63. The van der Waals surface area contributed by atoms with E-state index in [-0.39, 0.29) is 23.2 Å². The van der Waals surface area contributed by atoms with Gasteiger partial charge in [0.2, 0.25) is 0 Å². The van der Waals surface area contributed by atoms with E-state index in [0.717, 1.165) is 11.3 Å². The number of fused-ring (bicyclic) bond motifs is 1. The molecule has 2 aliphatic heterocycles.